The Kier molecular flexibility index (Phi) is 2.79. The SMILES string of the molecule is O=C1CC(=O)N(c2cnc(-c3ccccc3)cn2)C1. The Labute approximate surface area is 109 Å². The Balaban J connectivity index is 1.87. The molecule has 1 fully saturated rings. The number of anilines is 1. The predicted molar refractivity (Wildman–Crippen MR) is 69.4 cm³/mol. The molecule has 1 aliphatic heterocycles. The maximum absolute atomic E-state index is 11.6. The third-order valence-corrected chi connectivity index (χ3v) is 2.97. The van der Waals surface area contributed by atoms with Crippen LogP contribution in [-0.4, -0.2) is 28.2 Å². The molecular formula is C14H11N3O2. The highest BCUT2D eigenvalue weighted by atomic mass is 16.2. The van der Waals surface area contributed by atoms with Crippen LogP contribution in [0.5, 0.6) is 0 Å². The Morgan fingerprint density at radius 2 is 1.79 bits per heavy atom. The minimum Gasteiger partial charge on any atom is -0.297 e. The Morgan fingerprint density at radius 3 is 2.37 bits per heavy atom. The van der Waals surface area contributed by atoms with Crippen LogP contribution in [0.1, 0.15) is 6.42 Å². The molecule has 0 radical (unpaired) electrons. The van der Waals surface area contributed by atoms with Gasteiger partial charge in [-0.2, -0.15) is 0 Å². The number of ketones is 1. The lowest BCUT2D eigenvalue weighted by atomic mass is 10.2. The number of Topliss-reactive ketones (excluding diaryl/α,β-unsaturated/α-hetero) is 1. The Bertz CT molecular complexity index is 623. The van der Waals surface area contributed by atoms with Gasteiger partial charge in [-0.3, -0.25) is 19.5 Å². The van der Waals surface area contributed by atoms with E-state index in [0.29, 0.717) is 5.82 Å². The minimum atomic E-state index is -0.216. The summed E-state index contributed by atoms with van der Waals surface area (Å²) in [5, 5.41) is 0. The van der Waals surface area contributed by atoms with Gasteiger partial charge in [-0.1, -0.05) is 30.3 Å². The first kappa shape index (κ1) is 11.5. The van der Waals surface area contributed by atoms with E-state index in [1.165, 1.54) is 11.1 Å². The van der Waals surface area contributed by atoms with Gasteiger partial charge in [0.15, 0.2) is 11.6 Å². The van der Waals surface area contributed by atoms with Crippen molar-refractivity contribution in [2.45, 2.75) is 6.42 Å². The van der Waals surface area contributed by atoms with E-state index < -0.39 is 0 Å². The molecule has 3 rings (SSSR count). The molecule has 0 aliphatic carbocycles. The summed E-state index contributed by atoms with van der Waals surface area (Å²) in [6.45, 7) is 0.0954. The molecule has 1 aromatic heterocycles. The summed E-state index contributed by atoms with van der Waals surface area (Å²) in [4.78, 5) is 32.7. The van der Waals surface area contributed by atoms with Crippen molar-refractivity contribution in [1.29, 1.82) is 0 Å². The normalized spacial score (nSPS) is 15.1. The second-order valence-electron chi connectivity index (χ2n) is 4.32. The summed E-state index contributed by atoms with van der Waals surface area (Å²) >= 11 is 0. The molecule has 0 bridgehead atoms. The van der Waals surface area contributed by atoms with Crippen LogP contribution in [0.3, 0.4) is 0 Å². The standard InChI is InChI=1S/C14H11N3O2/c18-11-6-14(19)17(9-11)13-8-15-12(7-16-13)10-4-2-1-3-5-10/h1-5,7-8H,6,9H2. The van der Waals surface area contributed by atoms with Crippen LogP contribution in [0.2, 0.25) is 0 Å². The summed E-state index contributed by atoms with van der Waals surface area (Å²) < 4.78 is 0. The fourth-order valence-electron chi connectivity index (χ4n) is 2.01. The number of benzene rings is 1. The molecule has 5 nitrogen and oxygen atoms in total. The van der Waals surface area contributed by atoms with Gasteiger partial charge in [0.2, 0.25) is 5.91 Å². The van der Waals surface area contributed by atoms with Gasteiger partial charge in [0.25, 0.3) is 0 Å². The number of aromatic nitrogens is 2. The number of hydrogen-bond acceptors (Lipinski definition) is 4. The average molecular weight is 253 g/mol. The van der Waals surface area contributed by atoms with Gasteiger partial charge in [0, 0.05) is 5.56 Å². The zero-order valence-corrected chi connectivity index (χ0v) is 10.1. The fraction of sp³-hybridized carbons (Fsp3) is 0.143. The summed E-state index contributed by atoms with van der Waals surface area (Å²) in [6.07, 6.45) is 3.10. The van der Waals surface area contributed by atoms with Crippen LogP contribution in [0.15, 0.2) is 42.7 Å². The zero-order valence-electron chi connectivity index (χ0n) is 10.1. The molecular weight excluding hydrogens is 242 g/mol. The maximum atomic E-state index is 11.6. The molecule has 1 saturated heterocycles. The lowest BCUT2D eigenvalue weighted by molar-refractivity contribution is -0.121. The molecule has 0 spiro atoms. The quantitative estimate of drug-likeness (QED) is 0.760. The van der Waals surface area contributed by atoms with Crippen LogP contribution < -0.4 is 4.90 Å². The van der Waals surface area contributed by atoms with Crippen molar-refractivity contribution in [3.05, 3.63) is 42.7 Å². The fourth-order valence-corrected chi connectivity index (χ4v) is 2.01. The van der Waals surface area contributed by atoms with E-state index in [9.17, 15) is 9.59 Å². The van der Waals surface area contributed by atoms with E-state index in [4.69, 9.17) is 0 Å². The van der Waals surface area contributed by atoms with Gasteiger partial charge in [0.1, 0.15) is 0 Å². The molecule has 0 N–H and O–H groups in total. The molecule has 2 aromatic rings. The number of amides is 1. The van der Waals surface area contributed by atoms with E-state index in [2.05, 4.69) is 9.97 Å². The predicted octanol–water partition coefficient (Wildman–Crippen LogP) is 1.45. The number of nitrogens with zero attached hydrogens (tertiary/aromatic N) is 3. The molecule has 5 heteroatoms. The van der Waals surface area contributed by atoms with E-state index in [0.717, 1.165) is 11.3 Å². The molecule has 1 amide bonds. The van der Waals surface area contributed by atoms with Gasteiger partial charge < -0.3 is 0 Å². The van der Waals surface area contributed by atoms with Crippen molar-refractivity contribution in [3.63, 3.8) is 0 Å². The molecule has 0 atom stereocenters. The summed E-state index contributed by atoms with van der Waals surface area (Å²) in [5.41, 5.74) is 1.70. The van der Waals surface area contributed by atoms with Gasteiger partial charge in [-0.25, -0.2) is 4.98 Å². The van der Waals surface area contributed by atoms with Crippen molar-refractivity contribution < 1.29 is 9.59 Å². The first-order valence-corrected chi connectivity index (χ1v) is 5.93. The molecule has 2 heterocycles. The third-order valence-electron chi connectivity index (χ3n) is 2.97. The second-order valence-corrected chi connectivity index (χ2v) is 4.32. The van der Waals surface area contributed by atoms with Crippen LogP contribution in [0, 0.1) is 0 Å². The molecule has 19 heavy (non-hydrogen) atoms. The topological polar surface area (TPSA) is 63.2 Å². The van der Waals surface area contributed by atoms with Crippen molar-refractivity contribution in [2.75, 3.05) is 11.4 Å². The van der Waals surface area contributed by atoms with Gasteiger partial charge in [-0.15, -0.1) is 0 Å². The average Bonchev–Trinajstić information content (AvgIpc) is 2.79. The largest absolute Gasteiger partial charge is 0.297 e. The molecule has 0 saturated carbocycles. The highest BCUT2D eigenvalue weighted by Crippen LogP contribution is 2.20. The number of carbonyl (C=O) groups excluding carboxylic acids is 2. The van der Waals surface area contributed by atoms with Crippen molar-refractivity contribution in [1.82, 2.24) is 9.97 Å². The van der Waals surface area contributed by atoms with Crippen LogP contribution in [0.4, 0.5) is 5.82 Å². The third kappa shape index (κ3) is 2.22. The first-order valence-electron chi connectivity index (χ1n) is 5.93. The summed E-state index contributed by atoms with van der Waals surface area (Å²) in [6, 6.07) is 9.66. The van der Waals surface area contributed by atoms with E-state index in [1.54, 1.807) is 6.20 Å². The van der Waals surface area contributed by atoms with Gasteiger partial charge in [-0.05, 0) is 0 Å². The highest BCUT2D eigenvalue weighted by molar-refractivity contribution is 6.14. The highest BCUT2D eigenvalue weighted by Gasteiger charge is 2.29. The summed E-state index contributed by atoms with van der Waals surface area (Å²) in [7, 11) is 0. The van der Waals surface area contributed by atoms with Crippen LogP contribution >= 0.6 is 0 Å². The zero-order chi connectivity index (χ0) is 13.2. The second kappa shape index (κ2) is 4.61. The van der Waals surface area contributed by atoms with Gasteiger partial charge in [0.05, 0.1) is 31.1 Å². The molecule has 1 aromatic carbocycles. The number of carbonyl (C=O) groups is 2. The molecule has 0 unspecified atom stereocenters. The smallest absolute Gasteiger partial charge is 0.236 e. The van der Waals surface area contributed by atoms with Crippen molar-refractivity contribution in [2.24, 2.45) is 0 Å². The van der Waals surface area contributed by atoms with Crippen molar-refractivity contribution >= 4 is 17.5 Å². The number of hydrogen-bond donors (Lipinski definition) is 0. The van der Waals surface area contributed by atoms with E-state index >= 15 is 0 Å². The Morgan fingerprint density at radius 1 is 1.00 bits per heavy atom. The van der Waals surface area contributed by atoms with Gasteiger partial charge >= 0.3 is 0 Å². The maximum Gasteiger partial charge on any atom is 0.236 e. The van der Waals surface area contributed by atoms with E-state index in [-0.39, 0.29) is 24.7 Å². The molecule has 94 valence electrons. The molecule has 1 aliphatic rings. The van der Waals surface area contributed by atoms with E-state index in [1.807, 2.05) is 30.3 Å². The van der Waals surface area contributed by atoms with Crippen LogP contribution in [-0.2, 0) is 9.59 Å². The first-order chi connectivity index (χ1) is 9.24. The number of rotatable bonds is 2. The minimum absolute atomic E-state index is 0.0396. The van der Waals surface area contributed by atoms with Crippen LogP contribution in [0.25, 0.3) is 11.3 Å². The monoisotopic (exact) mass is 253 g/mol. The Hall–Kier alpha value is -2.56. The lowest BCUT2D eigenvalue weighted by Gasteiger charge is -2.12. The van der Waals surface area contributed by atoms with Crippen molar-refractivity contribution in [3.8, 4) is 11.3 Å². The lowest BCUT2D eigenvalue weighted by Crippen LogP contribution is -2.25. The summed E-state index contributed by atoms with van der Waals surface area (Å²) in [5.74, 6) is 0.126.